The number of benzene rings is 1. The van der Waals surface area contributed by atoms with Crippen LogP contribution in [0.3, 0.4) is 0 Å². The van der Waals surface area contributed by atoms with Gasteiger partial charge in [-0.2, -0.15) is 0 Å². The van der Waals surface area contributed by atoms with Crippen LogP contribution in [0.1, 0.15) is 10.4 Å². The lowest BCUT2D eigenvalue weighted by Gasteiger charge is -2.06. The molecule has 1 aromatic carbocycles. The van der Waals surface area contributed by atoms with Gasteiger partial charge < -0.3 is 5.32 Å². The van der Waals surface area contributed by atoms with Crippen LogP contribution in [0.15, 0.2) is 39.2 Å². The highest BCUT2D eigenvalue weighted by Gasteiger charge is 2.13. The lowest BCUT2D eigenvalue weighted by Crippen LogP contribution is -2.21. The van der Waals surface area contributed by atoms with Gasteiger partial charge in [0.15, 0.2) is 0 Å². The largest absolute Gasteiger partial charge is 0.321 e. The molecule has 8 heteroatoms. The van der Waals surface area contributed by atoms with Gasteiger partial charge in [0.1, 0.15) is 0 Å². The van der Waals surface area contributed by atoms with E-state index in [1.807, 2.05) is 0 Å². The maximum atomic E-state index is 12.2. The van der Waals surface area contributed by atoms with E-state index < -0.39 is 11.1 Å². The number of thiophene rings is 1. The van der Waals surface area contributed by atoms with E-state index in [9.17, 15) is 14.4 Å². The normalized spacial score (nSPS) is 10.7. The van der Waals surface area contributed by atoms with Gasteiger partial charge in [-0.3, -0.25) is 24.6 Å². The average Bonchev–Trinajstić information content (AvgIpc) is 2.90. The van der Waals surface area contributed by atoms with E-state index >= 15 is 0 Å². The van der Waals surface area contributed by atoms with Crippen LogP contribution in [-0.2, 0) is 0 Å². The molecule has 3 aromatic rings. The minimum absolute atomic E-state index is 0.166. The molecule has 3 N–H and O–H groups in total. The third-order valence-electron chi connectivity index (χ3n) is 2.90. The van der Waals surface area contributed by atoms with Gasteiger partial charge in [-0.05, 0) is 40.8 Å². The van der Waals surface area contributed by atoms with E-state index in [4.69, 9.17) is 0 Å². The Morgan fingerprint density at radius 3 is 2.67 bits per heavy atom. The third-order valence-corrected chi connectivity index (χ3v) is 4.69. The SMILES string of the molecule is O=C(Nc1cccc2c(=O)[nH][nH]c(=O)c12)c1csc(I)c1. The van der Waals surface area contributed by atoms with Crippen molar-refractivity contribution in [1.29, 1.82) is 0 Å². The highest BCUT2D eigenvalue weighted by Crippen LogP contribution is 2.20. The average molecular weight is 413 g/mol. The number of aromatic amines is 2. The Labute approximate surface area is 135 Å². The number of hydrogen-bond acceptors (Lipinski definition) is 4. The molecular formula is C13H8IN3O3S. The Morgan fingerprint density at radius 2 is 1.95 bits per heavy atom. The van der Waals surface area contributed by atoms with Crippen molar-refractivity contribution in [2.45, 2.75) is 0 Å². The maximum absolute atomic E-state index is 12.2. The predicted octanol–water partition coefficient (Wildman–Crippen LogP) is 2.13. The number of H-pyrrole nitrogens is 2. The number of hydrogen-bond donors (Lipinski definition) is 3. The zero-order valence-corrected chi connectivity index (χ0v) is 13.4. The molecule has 0 aliphatic heterocycles. The molecule has 0 aliphatic rings. The number of carbonyl (C=O) groups is 1. The molecule has 3 rings (SSSR count). The van der Waals surface area contributed by atoms with Crippen LogP contribution in [0, 0.1) is 2.88 Å². The molecule has 2 aromatic heterocycles. The number of anilines is 1. The van der Waals surface area contributed by atoms with Crippen LogP contribution in [0.4, 0.5) is 5.69 Å². The summed E-state index contributed by atoms with van der Waals surface area (Å²) in [5.74, 6) is -0.318. The first-order valence-corrected chi connectivity index (χ1v) is 7.81. The number of halogens is 1. The minimum Gasteiger partial charge on any atom is -0.321 e. The number of rotatable bonds is 2. The second-order valence-corrected chi connectivity index (χ2v) is 7.04. The molecular weight excluding hydrogens is 405 g/mol. The molecule has 0 radical (unpaired) electrons. The topological polar surface area (TPSA) is 94.8 Å². The quantitative estimate of drug-likeness (QED) is 0.562. The Morgan fingerprint density at radius 1 is 1.19 bits per heavy atom. The molecule has 0 atom stereocenters. The van der Waals surface area contributed by atoms with Crippen molar-refractivity contribution >= 4 is 56.3 Å². The van der Waals surface area contributed by atoms with Crippen molar-refractivity contribution in [2.75, 3.05) is 5.32 Å². The summed E-state index contributed by atoms with van der Waals surface area (Å²) >= 11 is 3.58. The van der Waals surface area contributed by atoms with Gasteiger partial charge in [-0.15, -0.1) is 11.3 Å². The third kappa shape index (κ3) is 2.63. The van der Waals surface area contributed by atoms with Gasteiger partial charge in [-0.1, -0.05) is 6.07 Å². The minimum atomic E-state index is -0.458. The summed E-state index contributed by atoms with van der Waals surface area (Å²) < 4.78 is 0.991. The van der Waals surface area contributed by atoms with Crippen molar-refractivity contribution in [2.24, 2.45) is 0 Å². The zero-order valence-electron chi connectivity index (χ0n) is 10.4. The van der Waals surface area contributed by atoms with Crippen LogP contribution in [0.5, 0.6) is 0 Å². The highest BCUT2D eigenvalue weighted by atomic mass is 127. The van der Waals surface area contributed by atoms with E-state index in [0.29, 0.717) is 11.3 Å². The first-order valence-electron chi connectivity index (χ1n) is 5.85. The fourth-order valence-electron chi connectivity index (χ4n) is 1.96. The van der Waals surface area contributed by atoms with Crippen LogP contribution < -0.4 is 16.4 Å². The van der Waals surface area contributed by atoms with Crippen molar-refractivity contribution in [3.63, 3.8) is 0 Å². The molecule has 0 saturated heterocycles. The standard InChI is InChI=1S/C13H8IN3O3S/c14-9-4-6(5-21-9)11(18)15-8-3-1-2-7-10(8)13(20)17-16-12(7)19/h1-5H,(H,15,18)(H,16,19)(H,17,20). The fourth-order valence-corrected chi connectivity index (χ4v) is 3.28. The molecule has 0 aliphatic carbocycles. The lowest BCUT2D eigenvalue weighted by molar-refractivity contribution is 0.102. The van der Waals surface area contributed by atoms with Gasteiger partial charge in [0.25, 0.3) is 17.0 Å². The van der Waals surface area contributed by atoms with E-state index in [1.165, 1.54) is 17.4 Å². The van der Waals surface area contributed by atoms with Gasteiger partial charge >= 0.3 is 0 Å². The molecule has 6 nitrogen and oxygen atoms in total. The van der Waals surface area contributed by atoms with Crippen molar-refractivity contribution in [3.05, 3.63) is 58.8 Å². The van der Waals surface area contributed by atoms with E-state index in [-0.39, 0.29) is 16.7 Å². The number of nitrogens with one attached hydrogen (secondary N) is 3. The first-order chi connectivity index (χ1) is 10.1. The molecule has 0 saturated carbocycles. The number of fused-ring (bicyclic) bond motifs is 1. The summed E-state index contributed by atoms with van der Waals surface area (Å²) in [5.41, 5.74) is -0.0417. The number of amides is 1. The zero-order chi connectivity index (χ0) is 15.0. The summed E-state index contributed by atoms with van der Waals surface area (Å²) in [6, 6.07) is 6.49. The Bertz CT molecular complexity index is 957. The van der Waals surface area contributed by atoms with E-state index in [1.54, 1.807) is 23.6 Å². The van der Waals surface area contributed by atoms with Crippen LogP contribution in [0.2, 0.25) is 0 Å². The molecule has 2 heterocycles. The first kappa shape index (κ1) is 14.0. The van der Waals surface area contributed by atoms with Gasteiger partial charge in [0, 0.05) is 5.38 Å². The van der Waals surface area contributed by atoms with Gasteiger partial charge in [0.2, 0.25) is 0 Å². The number of carbonyl (C=O) groups excluding carboxylic acids is 1. The summed E-state index contributed by atoms with van der Waals surface area (Å²) in [7, 11) is 0. The van der Waals surface area contributed by atoms with Gasteiger partial charge in [0.05, 0.1) is 24.9 Å². The molecule has 0 bridgehead atoms. The van der Waals surface area contributed by atoms with Crippen LogP contribution in [-0.4, -0.2) is 16.1 Å². The second-order valence-electron chi connectivity index (χ2n) is 4.23. The highest BCUT2D eigenvalue weighted by molar-refractivity contribution is 14.1. The maximum Gasteiger partial charge on any atom is 0.272 e. The smallest absolute Gasteiger partial charge is 0.272 e. The van der Waals surface area contributed by atoms with Crippen LogP contribution >= 0.6 is 33.9 Å². The summed E-state index contributed by atoms with van der Waals surface area (Å²) in [5, 5.41) is 9.32. The van der Waals surface area contributed by atoms with Crippen molar-refractivity contribution in [3.8, 4) is 0 Å². The van der Waals surface area contributed by atoms with Gasteiger partial charge in [-0.25, -0.2) is 0 Å². The number of aromatic nitrogens is 2. The molecule has 0 unspecified atom stereocenters. The van der Waals surface area contributed by atoms with E-state index in [2.05, 4.69) is 38.1 Å². The fraction of sp³-hybridized carbons (Fsp3) is 0. The monoisotopic (exact) mass is 413 g/mol. The lowest BCUT2D eigenvalue weighted by atomic mass is 10.1. The Hall–Kier alpha value is -1.94. The molecule has 0 fully saturated rings. The Kier molecular flexibility index (Phi) is 3.64. The Balaban J connectivity index is 2.09. The molecule has 21 heavy (non-hydrogen) atoms. The second kappa shape index (κ2) is 5.45. The molecule has 106 valence electrons. The summed E-state index contributed by atoms with van der Waals surface area (Å²) in [6.07, 6.45) is 0. The van der Waals surface area contributed by atoms with Crippen LogP contribution in [0.25, 0.3) is 10.8 Å². The summed E-state index contributed by atoms with van der Waals surface area (Å²) in [6.45, 7) is 0. The van der Waals surface area contributed by atoms with Crippen molar-refractivity contribution < 1.29 is 4.79 Å². The molecule has 0 spiro atoms. The van der Waals surface area contributed by atoms with E-state index in [0.717, 1.165) is 2.88 Å². The van der Waals surface area contributed by atoms with Crippen molar-refractivity contribution in [1.82, 2.24) is 10.2 Å². The predicted molar refractivity (Wildman–Crippen MR) is 90.2 cm³/mol. The summed E-state index contributed by atoms with van der Waals surface area (Å²) in [4.78, 5) is 35.8. The molecule has 1 amide bonds.